The van der Waals surface area contributed by atoms with Crippen LogP contribution in [0.2, 0.25) is 0 Å². The van der Waals surface area contributed by atoms with Crippen LogP contribution in [0.4, 0.5) is 17.1 Å². The van der Waals surface area contributed by atoms with Crippen LogP contribution in [0.5, 0.6) is 17.2 Å². The molecule has 2 aromatic carbocycles. The van der Waals surface area contributed by atoms with Gasteiger partial charge in [-0.25, -0.2) is 0 Å². The minimum absolute atomic E-state index is 0.274. The number of carbonyl (C=O) groups is 1. The Kier molecular flexibility index (Phi) is 6.19. The molecule has 0 aliphatic rings. The predicted molar refractivity (Wildman–Crippen MR) is 113 cm³/mol. The van der Waals surface area contributed by atoms with Crippen LogP contribution in [0.25, 0.3) is 0 Å². The number of anilines is 3. The Hall–Kier alpha value is -3.74. The number of carbonyl (C=O) groups excluding carboxylic acids is 1. The molecule has 0 atom stereocenters. The SMILES string of the molecule is COc1cc(NC(=O)c2cc(Nc3ccc(C)cc3)ccn2)cc(OC)c1OC. The number of nitrogens with one attached hydrogen (secondary N) is 2. The summed E-state index contributed by atoms with van der Waals surface area (Å²) in [5.41, 5.74) is 3.64. The molecule has 0 saturated heterocycles. The number of amides is 1. The van der Waals surface area contributed by atoms with Crippen molar-refractivity contribution in [3.8, 4) is 17.2 Å². The molecule has 0 spiro atoms. The number of benzene rings is 2. The van der Waals surface area contributed by atoms with Crippen LogP contribution in [0.15, 0.2) is 54.7 Å². The van der Waals surface area contributed by atoms with Gasteiger partial charge in [0.15, 0.2) is 11.5 Å². The van der Waals surface area contributed by atoms with Gasteiger partial charge < -0.3 is 24.8 Å². The number of methoxy groups -OCH3 is 3. The van der Waals surface area contributed by atoms with E-state index in [1.54, 1.807) is 30.5 Å². The van der Waals surface area contributed by atoms with Crippen molar-refractivity contribution in [3.05, 3.63) is 66.0 Å². The number of hydrogen-bond donors (Lipinski definition) is 2. The Labute approximate surface area is 169 Å². The second kappa shape index (κ2) is 8.97. The van der Waals surface area contributed by atoms with Crippen LogP contribution in [-0.2, 0) is 0 Å². The first-order valence-electron chi connectivity index (χ1n) is 8.95. The van der Waals surface area contributed by atoms with Crippen molar-refractivity contribution in [1.29, 1.82) is 0 Å². The highest BCUT2D eigenvalue weighted by Crippen LogP contribution is 2.40. The summed E-state index contributed by atoms with van der Waals surface area (Å²) in [6, 6.07) is 14.8. The molecule has 1 amide bonds. The van der Waals surface area contributed by atoms with Crippen LogP contribution in [0, 0.1) is 6.92 Å². The molecule has 7 nitrogen and oxygen atoms in total. The highest BCUT2D eigenvalue weighted by atomic mass is 16.5. The van der Waals surface area contributed by atoms with Crippen molar-refractivity contribution in [2.45, 2.75) is 6.92 Å². The van der Waals surface area contributed by atoms with Gasteiger partial charge in [0.1, 0.15) is 5.69 Å². The van der Waals surface area contributed by atoms with Gasteiger partial charge in [0, 0.05) is 35.4 Å². The number of pyridine rings is 1. The number of aryl methyl sites for hydroxylation is 1. The second-order valence-corrected chi connectivity index (χ2v) is 6.29. The van der Waals surface area contributed by atoms with Crippen LogP contribution in [0.1, 0.15) is 16.1 Å². The first kappa shape index (κ1) is 20.0. The van der Waals surface area contributed by atoms with Gasteiger partial charge in [0.2, 0.25) is 5.75 Å². The molecule has 1 heterocycles. The molecule has 7 heteroatoms. The largest absolute Gasteiger partial charge is 0.493 e. The molecule has 0 unspecified atom stereocenters. The summed E-state index contributed by atoms with van der Waals surface area (Å²) in [6.07, 6.45) is 1.58. The maximum Gasteiger partial charge on any atom is 0.274 e. The first-order valence-corrected chi connectivity index (χ1v) is 8.95. The van der Waals surface area contributed by atoms with Gasteiger partial charge in [-0.15, -0.1) is 0 Å². The molecule has 0 aliphatic heterocycles. The van der Waals surface area contributed by atoms with Gasteiger partial charge in [0.25, 0.3) is 5.91 Å². The Morgan fingerprint density at radius 2 is 1.48 bits per heavy atom. The molecular weight excluding hydrogens is 370 g/mol. The van der Waals surface area contributed by atoms with Crippen molar-refractivity contribution in [2.24, 2.45) is 0 Å². The Balaban J connectivity index is 1.80. The smallest absolute Gasteiger partial charge is 0.274 e. The average molecular weight is 393 g/mol. The molecule has 0 aliphatic carbocycles. The third kappa shape index (κ3) is 4.76. The third-order valence-corrected chi connectivity index (χ3v) is 4.26. The maximum atomic E-state index is 12.7. The van der Waals surface area contributed by atoms with E-state index < -0.39 is 0 Å². The number of hydrogen-bond acceptors (Lipinski definition) is 6. The lowest BCUT2D eigenvalue weighted by Gasteiger charge is -2.14. The first-order chi connectivity index (χ1) is 14.0. The Morgan fingerprint density at radius 3 is 2.07 bits per heavy atom. The van der Waals surface area contributed by atoms with E-state index in [9.17, 15) is 4.79 Å². The fourth-order valence-corrected chi connectivity index (χ4v) is 2.78. The van der Waals surface area contributed by atoms with Gasteiger partial charge in [-0.05, 0) is 31.2 Å². The highest BCUT2D eigenvalue weighted by molar-refractivity contribution is 6.03. The van der Waals surface area contributed by atoms with Gasteiger partial charge in [0.05, 0.1) is 21.3 Å². The van der Waals surface area contributed by atoms with Crippen LogP contribution >= 0.6 is 0 Å². The van der Waals surface area contributed by atoms with Gasteiger partial charge >= 0.3 is 0 Å². The number of ether oxygens (including phenoxy) is 3. The lowest BCUT2D eigenvalue weighted by Crippen LogP contribution is -2.14. The van der Waals surface area contributed by atoms with Crippen molar-refractivity contribution in [2.75, 3.05) is 32.0 Å². The predicted octanol–water partition coefficient (Wildman–Crippen LogP) is 4.41. The molecule has 3 aromatic rings. The van der Waals surface area contributed by atoms with Crippen LogP contribution in [0.3, 0.4) is 0 Å². The second-order valence-electron chi connectivity index (χ2n) is 6.29. The van der Waals surface area contributed by atoms with Gasteiger partial charge in [-0.3, -0.25) is 9.78 Å². The third-order valence-electron chi connectivity index (χ3n) is 4.26. The minimum atomic E-state index is -0.355. The summed E-state index contributed by atoms with van der Waals surface area (Å²) in [4.78, 5) is 16.9. The van der Waals surface area contributed by atoms with E-state index in [2.05, 4.69) is 15.6 Å². The van der Waals surface area contributed by atoms with E-state index in [0.717, 1.165) is 11.4 Å². The lowest BCUT2D eigenvalue weighted by atomic mass is 10.2. The molecule has 2 N–H and O–H groups in total. The minimum Gasteiger partial charge on any atom is -0.493 e. The summed E-state index contributed by atoms with van der Waals surface area (Å²) in [6.45, 7) is 2.03. The molecule has 0 radical (unpaired) electrons. The lowest BCUT2D eigenvalue weighted by molar-refractivity contribution is 0.102. The number of aromatic nitrogens is 1. The molecule has 0 fully saturated rings. The Bertz CT molecular complexity index is 978. The van der Waals surface area contributed by atoms with E-state index in [1.165, 1.54) is 26.9 Å². The Morgan fingerprint density at radius 1 is 0.828 bits per heavy atom. The van der Waals surface area contributed by atoms with E-state index in [-0.39, 0.29) is 11.6 Å². The molecule has 150 valence electrons. The zero-order chi connectivity index (χ0) is 20.8. The van der Waals surface area contributed by atoms with E-state index in [0.29, 0.717) is 22.9 Å². The van der Waals surface area contributed by atoms with E-state index in [1.807, 2.05) is 31.2 Å². The summed E-state index contributed by atoms with van der Waals surface area (Å²) >= 11 is 0. The zero-order valence-electron chi connectivity index (χ0n) is 16.8. The van der Waals surface area contributed by atoms with Gasteiger partial charge in [-0.2, -0.15) is 0 Å². The van der Waals surface area contributed by atoms with Crippen molar-refractivity contribution in [1.82, 2.24) is 4.98 Å². The number of rotatable bonds is 7. The van der Waals surface area contributed by atoms with Gasteiger partial charge in [-0.1, -0.05) is 17.7 Å². The van der Waals surface area contributed by atoms with Crippen LogP contribution in [-0.4, -0.2) is 32.2 Å². The normalized spacial score (nSPS) is 10.2. The van der Waals surface area contributed by atoms with E-state index >= 15 is 0 Å². The summed E-state index contributed by atoms with van der Waals surface area (Å²) in [5.74, 6) is 0.997. The molecule has 0 bridgehead atoms. The molecule has 1 aromatic heterocycles. The maximum absolute atomic E-state index is 12.7. The fourth-order valence-electron chi connectivity index (χ4n) is 2.78. The monoisotopic (exact) mass is 393 g/mol. The van der Waals surface area contributed by atoms with Crippen molar-refractivity contribution >= 4 is 23.0 Å². The van der Waals surface area contributed by atoms with Crippen LogP contribution < -0.4 is 24.8 Å². The summed E-state index contributed by atoms with van der Waals surface area (Å²) < 4.78 is 15.9. The summed E-state index contributed by atoms with van der Waals surface area (Å²) in [5, 5.41) is 6.08. The molecular formula is C22H23N3O4. The summed E-state index contributed by atoms with van der Waals surface area (Å²) in [7, 11) is 4.56. The average Bonchev–Trinajstić information content (AvgIpc) is 2.74. The zero-order valence-corrected chi connectivity index (χ0v) is 16.8. The van der Waals surface area contributed by atoms with E-state index in [4.69, 9.17) is 14.2 Å². The topological polar surface area (TPSA) is 81.7 Å². The molecule has 3 rings (SSSR count). The number of nitrogens with zero attached hydrogens (tertiary/aromatic N) is 1. The molecule has 0 saturated carbocycles. The van der Waals surface area contributed by atoms with Crippen molar-refractivity contribution in [3.63, 3.8) is 0 Å². The molecule has 29 heavy (non-hydrogen) atoms. The quantitative estimate of drug-likeness (QED) is 0.619. The fraction of sp³-hybridized carbons (Fsp3) is 0.182. The van der Waals surface area contributed by atoms with Crippen molar-refractivity contribution < 1.29 is 19.0 Å². The highest BCUT2D eigenvalue weighted by Gasteiger charge is 2.16. The standard InChI is InChI=1S/C22H23N3O4/c1-14-5-7-15(8-6-14)24-16-9-10-23-18(11-16)22(26)25-17-12-19(27-2)21(29-4)20(13-17)28-3/h5-13H,1-4H3,(H,23,24)(H,25,26).